The molecule has 4 rings (SSSR count). The van der Waals surface area contributed by atoms with E-state index in [1.807, 2.05) is 34.5 Å². The van der Waals surface area contributed by atoms with Gasteiger partial charge in [0.15, 0.2) is 0 Å². The van der Waals surface area contributed by atoms with Crippen LogP contribution in [0.4, 0.5) is 0 Å². The van der Waals surface area contributed by atoms with E-state index in [-0.39, 0.29) is 11.5 Å². The number of nitrogens with zero attached hydrogens (tertiary/aromatic N) is 1. The van der Waals surface area contributed by atoms with Crippen molar-refractivity contribution in [1.29, 1.82) is 0 Å². The highest BCUT2D eigenvalue weighted by Crippen LogP contribution is 2.45. The van der Waals surface area contributed by atoms with Crippen molar-refractivity contribution >= 4 is 17.2 Å². The molecule has 1 saturated heterocycles. The van der Waals surface area contributed by atoms with E-state index in [9.17, 15) is 9.90 Å². The number of hydrogen-bond acceptors (Lipinski definition) is 4. The number of hydrogen-bond donors (Lipinski definition) is 1. The number of ether oxygens (including phenoxy) is 1. The summed E-state index contributed by atoms with van der Waals surface area (Å²) in [6.45, 7) is 5.46. The number of thiophene rings is 1. The van der Waals surface area contributed by atoms with E-state index in [1.54, 1.807) is 0 Å². The summed E-state index contributed by atoms with van der Waals surface area (Å²) < 4.78 is 6.39. The van der Waals surface area contributed by atoms with E-state index in [0.29, 0.717) is 19.5 Å². The fraction of sp³-hybridized carbons (Fsp3) is 0.450. The largest absolute Gasteiger partial charge is 0.487 e. The molecule has 1 aromatic carbocycles. The van der Waals surface area contributed by atoms with Crippen LogP contribution in [0.3, 0.4) is 0 Å². The van der Waals surface area contributed by atoms with Crippen molar-refractivity contribution in [2.75, 3.05) is 13.1 Å². The second-order valence-electron chi connectivity index (χ2n) is 7.25. The van der Waals surface area contributed by atoms with Crippen LogP contribution in [0.2, 0.25) is 0 Å². The van der Waals surface area contributed by atoms with Crippen LogP contribution >= 0.6 is 11.3 Å². The lowest BCUT2D eigenvalue weighted by Gasteiger charge is -2.46. The highest BCUT2D eigenvalue weighted by molar-refractivity contribution is 7.12. The molecule has 2 aliphatic rings. The number of carbonyl (C=O) groups excluding carboxylic acids is 1. The quantitative estimate of drug-likeness (QED) is 0.843. The molecule has 0 saturated carbocycles. The smallest absolute Gasteiger partial charge is 0.263 e. The summed E-state index contributed by atoms with van der Waals surface area (Å²) in [4.78, 5) is 15.2. The Balaban J connectivity index is 1.51. The molecule has 5 heteroatoms. The number of aliphatic hydroxyl groups is 1. The molecule has 2 aromatic rings. The molecule has 132 valence electrons. The molecule has 0 bridgehead atoms. The summed E-state index contributed by atoms with van der Waals surface area (Å²) in [7, 11) is 0. The maximum absolute atomic E-state index is 12.5. The Morgan fingerprint density at radius 2 is 2.00 bits per heavy atom. The third-order valence-electron chi connectivity index (χ3n) is 5.57. The molecule has 1 fully saturated rings. The number of benzene rings is 1. The van der Waals surface area contributed by atoms with E-state index in [4.69, 9.17) is 4.74 Å². The molecule has 1 amide bonds. The maximum Gasteiger partial charge on any atom is 0.263 e. The highest BCUT2D eigenvalue weighted by Gasteiger charge is 2.43. The average molecular weight is 357 g/mol. The van der Waals surface area contributed by atoms with Crippen molar-refractivity contribution in [3.63, 3.8) is 0 Å². The molecule has 0 radical (unpaired) electrons. The van der Waals surface area contributed by atoms with Crippen molar-refractivity contribution in [2.24, 2.45) is 0 Å². The van der Waals surface area contributed by atoms with Gasteiger partial charge in [-0.3, -0.25) is 4.79 Å². The maximum atomic E-state index is 12.5. The zero-order valence-corrected chi connectivity index (χ0v) is 15.4. The molecule has 25 heavy (non-hydrogen) atoms. The Hall–Kier alpha value is -1.85. The summed E-state index contributed by atoms with van der Waals surface area (Å²) >= 11 is 1.48. The highest BCUT2D eigenvalue weighted by atomic mass is 32.1. The van der Waals surface area contributed by atoms with Gasteiger partial charge in [-0.05, 0) is 48.6 Å². The molecule has 1 unspecified atom stereocenters. The SMILES string of the molecule is Cc1cc2c(cc1C)C(O)CC1(CCN(C(=O)c3cccs3)CC1)O2. The summed E-state index contributed by atoms with van der Waals surface area (Å²) in [5, 5.41) is 12.6. The van der Waals surface area contributed by atoms with Crippen LogP contribution < -0.4 is 4.74 Å². The van der Waals surface area contributed by atoms with Gasteiger partial charge in [0.05, 0.1) is 11.0 Å². The summed E-state index contributed by atoms with van der Waals surface area (Å²) in [5.74, 6) is 0.910. The minimum atomic E-state index is -0.498. The molecule has 1 spiro atoms. The van der Waals surface area contributed by atoms with Gasteiger partial charge < -0.3 is 14.7 Å². The lowest BCUT2D eigenvalue weighted by Crippen LogP contribution is -2.51. The van der Waals surface area contributed by atoms with Crippen molar-refractivity contribution in [1.82, 2.24) is 4.90 Å². The van der Waals surface area contributed by atoms with E-state index in [0.717, 1.165) is 29.0 Å². The monoisotopic (exact) mass is 357 g/mol. The van der Waals surface area contributed by atoms with Crippen molar-refractivity contribution in [2.45, 2.75) is 44.8 Å². The van der Waals surface area contributed by atoms with E-state index < -0.39 is 6.10 Å². The average Bonchev–Trinajstić information content (AvgIpc) is 3.11. The van der Waals surface area contributed by atoms with Gasteiger partial charge in [0.25, 0.3) is 5.91 Å². The standard InChI is InChI=1S/C20H23NO3S/c1-13-10-15-16(22)12-20(24-17(15)11-14(13)2)5-7-21(8-6-20)19(23)18-4-3-9-25-18/h3-4,9-11,16,22H,5-8,12H2,1-2H3. The third-order valence-corrected chi connectivity index (χ3v) is 6.43. The number of amides is 1. The third kappa shape index (κ3) is 2.96. The van der Waals surface area contributed by atoms with Gasteiger partial charge in [0, 0.05) is 37.9 Å². The predicted octanol–water partition coefficient (Wildman–Crippen LogP) is 3.86. The van der Waals surface area contributed by atoms with Crippen LogP contribution in [0.5, 0.6) is 5.75 Å². The number of rotatable bonds is 1. The number of piperidine rings is 1. The Morgan fingerprint density at radius 3 is 2.68 bits per heavy atom. The van der Waals surface area contributed by atoms with Gasteiger partial charge in [-0.2, -0.15) is 0 Å². The van der Waals surface area contributed by atoms with Crippen molar-refractivity contribution in [3.8, 4) is 5.75 Å². The molecule has 2 aliphatic heterocycles. The number of likely N-dealkylation sites (tertiary alicyclic amines) is 1. The van der Waals surface area contributed by atoms with Crippen LogP contribution in [0.25, 0.3) is 0 Å². The van der Waals surface area contributed by atoms with Crippen molar-refractivity contribution < 1.29 is 14.6 Å². The van der Waals surface area contributed by atoms with Crippen LogP contribution in [0, 0.1) is 13.8 Å². The van der Waals surface area contributed by atoms with Crippen LogP contribution in [-0.2, 0) is 0 Å². The molecule has 1 atom stereocenters. The minimum Gasteiger partial charge on any atom is -0.487 e. The van der Waals surface area contributed by atoms with E-state index >= 15 is 0 Å². The first-order valence-electron chi connectivity index (χ1n) is 8.78. The van der Waals surface area contributed by atoms with Crippen LogP contribution in [0.1, 0.15) is 51.7 Å². The molecular weight excluding hydrogens is 334 g/mol. The minimum absolute atomic E-state index is 0.105. The zero-order valence-electron chi connectivity index (χ0n) is 14.6. The lowest BCUT2D eigenvalue weighted by molar-refractivity contribution is -0.0495. The summed E-state index contributed by atoms with van der Waals surface area (Å²) in [6, 6.07) is 7.86. The van der Waals surface area contributed by atoms with E-state index in [1.165, 1.54) is 22.5 Å². The van der Waals surface area contributed by atoms with Gasteiger partial charge in [-0.25, -0.2) is 0 Å². The number of aliphatic hydroxyl groups excluding tert-OH is 1. The predicted molar refractivity (Wildman–Crippen MR) is 98.3 cm³/mol. The topological polar surface area (TPSA) is 49.8 Å². The Kier molecular flexibility index (Phi) is 4.08. The zero-order chi connectivity index (χ0) is 17.6. The first kappa shape index (κ1) is 16.6. The van der Waals surface area contributed by atoms with Gasteiger partial charge in [-0.15, -0.1) is 11.3 Å². The number of aryl methyl sites for hydroxylation is 2. The summed E-state index contributed by atoms with van der Waals surface area (Å²) in [5.41, 5.74) is 2.88. The molecule has 0 aliphatic carbocycles. The number of carbonyl (C=O) groups is 1. The first-order valence-corrected chi connectivity index (χ1v) is 9.66. The Morgan fingerprint density at radius 1 is 1.28 bits per heavy atom. The van der Waals surface area contributed by atoms with Crippen LogP contribution in [0.15, 0.2) is 29.6 Å². The van der Waals surface area contributed by atoms with Gasteiger partial charge >= 0.3 is 0 Å². The molecular formula is C20H23NO3S. The normalized spacial score (nSPS) is 21.7. The van der Waals surface area contributed by atoms with Gasteiger partial charge in [0.1, 0.15) is 11.4 Å². The molecule has 3 heterocycles. The second kappa shape index (κ2) is 6.15. The second-order valence-corrected chi connectivity index (χ2v) is 8.20. The summed E-state index contributed by atoms with van der Waals surface area (Å²) in [6.07, 6.45) is 1.62. The molecule has 1 N–H and O–H groups in total. The van der Waals surface area contributed by atoms with Gasteiger partial charge in [0.2, 0.25) is 0 Å². The fourth-order valence-corrected chi connectivity index (χ4v) is 4.57. The lowest BCUT2D eigenvalue weighted by atomic mass is 9.81. The first-order chi connectivity index (χ1) is 12.0. The van der Waals surface area contributed by atoms with Crippen molar-refractivity contribution in [3.05, 3.63) is 51.2 Å². The Labute approximate surface area is 152 Å². The van der Waals surface area contributed by atoms with Gasteiger partial charge in [-0.1, -0.05) is 6.07 Å². The van der Waals surface area contributed by atoms with E-state index in [2.05, 4.69) is 13.8 Å². The molecule has 4 nitrogen and oxygen atoms in total. The number of fused-ring (bicyclic) bond motifs is 1. The molecule has 1 aromatic heterocycles. The van der Waals surface area contributed by atoms with Crippen LogP contribution in [-0.4, -0.2) is 34.6 Å². The fourth-order valence-electron chi connectivity index (χ4n) is 3.88. The Bertz CT molecular complexity index is 792.